The Morgan fingerprint density at radius 3 is 2.53 bits per heavy atom. The predicted octanol–water partition coefficient (Wildman–Crippen LogP) is 0.0482. The van der Waals surface area contributed by atoms with Crippen molar-refractivity contribution in [1.82, 2.24) is 10.6 Å². The minimum atomic E-state index is -1.01. The highest BCUT2D eigenvalue weighted by Gasteiger charge is 2.20. The number of carboxylic acids is 1. The fraction of sp³-hybridized carbons (Fsp3) is 0.545. The molecule has 0 bridgehead atoms. The molecular weight excluding hydrogens is 224 g/mol. The fourth-order valence-electron chi connectivity index (χ4n) is 1.14. The zero-order valence-corrected chi connectivity index (χ0v) is 9.86. The van der Waals surface area contributed by atoms with E-state index in [2.05, 4.69) is 17.2 Å². The summed E-state index contributed by atoms with van der Waals surface area (Å²) in [6.45, 7) is 5.66. The SMILES string of the molecule is C=CC(=O)N[C@@H](CCC(=O)O)C(=O)NCCC. The Hall–Kier alpha value is -1.85. The molecule has 0 saturated carbocycles. The highest BCUT2D eigenvalue weighted by molar-refractivity contribution is 5.92. The van der Waals surface area contributed by atoms with Gasteiger partial charge in [-0.05, 0) is 18.9 Å². The van der Waals surface area contributed by atoms with Gasteiger partial charge in [0.2, 0.25) is 11.8 Å². The first-order chi connectivity index (χ1) is 8.01. The van der Waals surface area contributed by atoms with Gasteiger partial charge < -0.3 is 15.7 Å². The molecule has 0 aromatic heterocycles. The van der Waals surface area contributed by atoms with Gasteiger partial charge in [0, 0.05) is 13.0 Å². The van der Waals surface area contributed by atoms with Crippen LogP contribution in [0.3, 0.4) is 0 Å². The second-order valence-electron chi connectivity index (χ2n) is 3.49. The third-order valence-electron chi connectivity index (χ3n) is 2.01. The normalized spacial score (nSPS) is 11.4. The Bertz CT molecular complexity index is 302. The second-order valence-corrected chi connectivity index (χ2v) is 3.49. The van der Waals surface area contributed by atoms with Crippen LogP contribution in [0.1, 0.15) is 26.2 Å². The summed E-state index contributed by atoms with van der Waals surface area (Å²) in [6, 6.07) is -0.830. The van der Waals surface area contributed by atoms with Crippen LogP contribution in [0.4, 0.5) is 0 Å². The van der Waals surface area contributed by atoms with Crippen LogP contribution in [-0.2, 0) is 14.4 Å². The molecule has 6 heteroatoms. The monoisotopic (exact) mass is 242 g/mol. The molecular formula is C11H18N2O4. The molecule has 0 radical (unpaired) electrons. The predicted molar refractivity (Wildman–Crippen MR) is 62.3 cm³/mol. The van der Waals surface area contributed by atoms with Crippen molar-refractivity contribution in [2.75, 3.05) is 6.54 Å². The van der Waals surface area contributed by atoms with Crippen molar-refractivity contribution in [2.24, 2.45) is 0 Å². The van der Waals surface area contributed by atoms with Crippen LogP contribution in [0.5, 0.6) is 0 Å². The largest absolute Gasteiger partial charge is 0.481 e. The lowest BCUT2D eigenvalue weighted by molar-refractivity contribution is -0.137. The molecule has 0 aliphatic heterocycles. The molecule has 0 aromatic carbocycles. The van der Waals surface area contributed by atoms with E-state index in [-0.39, 0.29) is 18.7 Å². The molecule has 2 amide bonds. The summed E-state index contributed by atoms with van der Waals surface area (Å²) in [6.07, 6.45) is 1.69. The first kappa shape index (κ1) is 15.2. The van der Waals surface area contributed by atoms with E-state index in [1.807, 2.05) is 6.92 Å². The van der Waals surface area contributed by atoms with Crippen LogP contribution in [0.15, 0.2) is 12.7 Å². The number of carbonyl (C=O) groups is 3. The zero-order valence-electron chi connectivity index (χ0n) is 9.86. The summed E-state index contributed by atoms with van der Waals surface area (Å²) in [7, 11) is 0. The molecule has 0 unspecified atom stereocenters. The molecule has 6 nitrogen and oxygen atoms in total. The van der Waals surface area contributed by atoms with Gasteiger partial charge >= 0.3 is 5.97 Å². The van der Waals surface area contributed by atoms with Crippen molar-refractivity contribution in [2.45, 2.75) is 32.2 Å². The first-order valence-electron chi connectivity index (χ1n) is 5.43. The van der Waals surface area contributed by atoms with E-state index in [4.69, 9.17) is 5.11 Å². The molecule has 0 aliphatic carbocycles. The van der Waals surface area contributed by atoms with Crippen molar-refractivity contribution in [3.8, 4) is 0 Å². The van der Waals surface area contributed by atoms with Crippen molar-refractivity contribution >= 4 is 17.8 Å². The van der Waals surface area contributed by atoms with Gasteiger partial charge in [-0.15, -0.1) is 0 Å². The average molecular weight is 242 g/mol. The van der Waals surface area contributed by atoms with Crippen LogP contribution in [-0.4, -0.2) is 35.5 Å². The summed E-state index contributed by atoms with van der Waals surface area (Å²) < 4.78 is 0. The Labute approximate surface area is 100 Å². The minimum Gasteiger partial charge on any atom is -0.481 e. The Kier molecular flexibility index (Phi) is 7.41. The molecule has 1 atom stereocenters. The van der Waals surface area contributed by atoms with Gasteiger partial charge in [0.05, 0.1) is 0 Å². The maximum absolute atomic E-state index is 11.6. The van der Waals surface area contributed by atoms with Gasteiger partial charge in [0.15, 0.2) is 0 Å². The average Bonchev–Trinajstić information content (AvgIpc) is 2.30. The molecule has 0 spiro atoms. The van der Waals surface area contributed by atoms with Crippen LogP contribution < -0.4 is 10.6 Å². The summed E-state index contributed by atoms with van der Waals surface area (Å²) in [4.78, 5) is 33.1. The molecule has 0 fully saturated rings. The van der Waals surface area contributed by atoms with Gasteiger partial charge in [-0.25, -0.2) is 0 Å². The van der Waals surface area contributed by atoms with Crippen molar-refractivity contribution in [3.63, 3.8) is 0 Å². The van der Waals surface area contributed by atoms with E-state index in [9.17, 15) is 14.4 Å². The Morgan fingerprint density at radius 2 is 2.06 bits per heavy atom. The van der Waals surface area contributed by atoms with Crippen LogP contribution >= 0.6 is 0 Å². The van der Waals surface area contributed by atoms with E-state index >= 15 is 0 Å². The van der Waals surface area contributed by atoms with Crippen LogP contribution in [0.25, 0.3) is 0 Å². The number of rotatable bonds is 8. The molecule has 0 heterocycles. The van der Waals surface area contributed by atoms with E-state index in [1.54, 1.807) is 0 Å². The maximum Gasteiger partial charge on any atom is 0.303 e. The van der Waals surface area contributed by atoms with Gasteiger partial charge in [0.25, 0.3) is 0 Å². The molecule has 0 aromatic rings. The number of carboxylic acid groups (broad SMARTS) is 1. The molecule has 0 aliphatic rings. The quantitative estimate of drug-likeness (QED) is 0.524. The lowest BCUT2D eigenvalue weighted by Crippen LogP contribution is -2.46. The molecule has 96 valence electrons. The number of nitrogens with one attached hydrogen (secondary N) is 2. The molecule has 17 heavy (non-hydrogen) atoms. The Morgan fingerprint density at radius 1 is 1.41 bits per heavy atom. The smallest absolute Gasteiger partial charge is 0.303 e. The van der Waals surface area contributed by atoms with Gasteiger partial charge in [-0.1, -0.05) is 13.5 Å². The summed E-state index contributed by atoms with van der Waals surface area (Å²) in [5.41, 5.74) is 0. The van der Waals surface area contributed by atoms with Gasteiger partial charge in [0.1, 0.15) is 6.04 Å². The highest BCUT2D eigenvalue weighted by atomic mass is 16.4. The van der Waals surface area contributed by atoms with Crippen molar-refractivity contribution in [3.05, 3.63) is 12.7 Å². The highest BCUT2D eigenvalue weighted by Crippen LogP contribution is 1.98. The standard InChI is InChI=1S/C11H18N2O4/c1-3-7-12-11(17)8(5-6-10(15)16)13-9(14)4-2/h4,8H,2-3,5-7H2,1H3,(H,12,17)(H,13,14)(H,15,16)/t8-/m0/s1. The minimum absolute atomic E-state index is 0.0600. The summed E-state index contributed by atoms with van der Waals surface area (Å²) in [5.74, 6) is -1.87. The van der Waals surface area contributed by atoms with Crippen molar-refractivity contribution < 1.29 is 19.5 Å². The first-order valence-corrected chi connectivity index (χ1v) is 5.43. The molecule has 0 saturated heterocycles. The second kappa shape index (κ2) is 8.32. The molecule has 0 rings (SSSR count). The van der Waals surface area contributed by atoms with Crippen LogP contribution in [0.2, 0.25) is 0 Å². The number of hydrogen-bond acceptors (Lipinski definition) is 3. The van der Waals surface area contributed by atoms with E-state index in [0.717, 1.165) is 12.5 Å². The van der Waals surface area contributed by atoms with Crippen molar-refractivity contribution in [1.29, 1.82) is 0 Å². The maximum atomic E-state index is 11.6. The number of amides is 2. The summed E-state index contributed by atoms with van der Waals surface area (Å²) in [5, 5.41) is 13.6. The van der Waals surface area contributed by atoms with Gasteiger partial charge in [-0.2, -0.15) is 0 Å². The number of hydrogen-bond donors (Lipinski definition) is 3. The third kappa shape index (κ3) is 7.10. The molecule has 3 N–H and O–H groups in total. The van der Waals surface area contributed by atoms with E-state index < -0.39 is 17.9 Å². The lowest BCUT2D eigenvalue weighted by Gasteiger charge is -2.16. The summed E-state index contributed by atoms with van der Waals surface area (Å²) >= 11 is 0. The topological polar surface area (TPSA) is 95.5 Å². The Balaban J connectivity index is 4.36. The van der Waals surface area contributed by atoms with Crippen LogP contribution in [0, 0.1) is 0 Å². The van der Waals surface area contributed by atoms with E-state index in [0.29, 0.717) is 6.54 Å². The van der Waals surface area contributed by atoms with E-state index in [1.165, 1.54) is 0 Å². The third-order valence-corrected chi connectivity index (χ3v) is 2.01. The number of carbonyl (C=O) groups excluding carboxylic acids is 2. The zero-order chi connectivity index (χ0) is 13.3. The fourth-order valence-corrected chi connectivity index (χ4v) is 1.14. The lowest BCUT2D eigenvalue weighted by atomic mass is 10.1. The number of aliphatic carboxylic acids is 1. The van der Waals surface area contributed by atoms with Gasteiger partial charge in [-0.3, -0.25) is 14.4 Å².